The topological polar surface area (TPSA) is 29.1 Å². The summed E-state index contributed by atoms with van der Waals surface area (Å²) < 4.78 is 0. The van der Waals surface area contributed by atoms with Crippen LogP contribution < -0.4 is 5.32 Å². The molecule has 0 spiro atoms. The molecule has 1 N–H and O–H groups in total. The SMILES string of the molecule is C=CCC(=O)CNC(C)CC. The Hall–Kier alpha value is -0.630. The molecule has 0 fully saturated rings. The normalized spacial score (nSPS) is 12.5. The van der Waals surface area contributed by atoms with Crippen molar-refractivity contribution < 1.29 is 4.79 Å². The average molecular weight is 155 g/mol. The van der Waals surface area contributed by atoms with Crippen molar-refractivity contribution in [1.29, 1.82) is 0 Å². The molecule has 0 radical (unpaired) electrons. The zero-order valence-corrected chi connectivity index (χ0v) is 7.39. The third kappa shape index (κ3) is 5.80. The molecule has 0 aromatic heterocycles. The molecule has 1 atom stereocenters. The third-order valence-electron chi connectivity index (χ3n) is 1.63. The van der Waals surface area contributed by atoms with E-state index in [0.29, 0.717) is 19.0 Å². The van der Waals surface area contributed by atoms with Crippen LogP contribution in [0.3, 0.4) is 0 Å². The van der Waals surface area contributed by atoms with E-state index < -0.39 is 0 Å². The molecule has 0 saturated carbocycles. The van der Waals surface area contributed by atoms with Gasteiger partial charge in [-0.1, -0.05) is 13.0 Å². The second kappa shape index (κ2) is 6.10. The summed E-state index contributed by atoms with van der Waals surface area (Å²) in [6.45, 7) is 8.14. The van der Waals surface area contributed by atoms with Crippen molar-refractivity contribution in [3.05, 3.63) is 12.7 Å². The number of ketones is 1. The van der Waals surface area contributed by atoms with E-state index in [1.807, 2.05) is 0 Å². The van der Waals surface area contributed by atoms with E-state index in [0.717, 1.165) is 6.42 Å². The van der Waals surface area contributed by atoms with E-state index in [9.17, 15) is 4.79 Å². The summed E-state index contributed by atoms with van der Waals surface area (Å²) in [6.07, 6.45) is 3.17. The quantitative estimate of drug-likeness (QED) is 0.589. The van der Waals surface area contributed by atoms with Gasteiger partial charge in [0, 0.05) is 12.5 Å². The number of carbonyl (C=O) groups is 1. The van der Waals surface area contributed by atoms with E-state index in [4.69, 9.17) is 0 Å². The van der Waals surface area contributed by atoms with E-state index >= 15 is 0 Å². The molecule has 0 aliphatic carbocycles. The standard InChI is InChI=1S/C9H17NO/c1-4-6-9(11)7-10-8(3)5-2/h4,8,10H,1,5-7H2,2-3H3. The first-order valence-electron chi connectivity index (χ1n) is 4.06. The summed E-state index contributed by atoms with van der Waals surface area (Å²) in [7, 11) is 0. The Kier molecular flexibility index (Phi) is 5.75. The first-order chi connectivity index (χ1) is 5.20. The highest BCUT2D eigenvalue weighted by atomic mass is 16.1. The summed E-state index contributed by atoms with van der Waals surface area (Å²) in [6, 6.07) is 0.434. The van der Waals surface area contributed by atoms with Crippen molar-refractivity contribution in [2.24, 2.45) is 0 Å². The fraction of sp³-hybridized carbons (Fsp3) is 0.667. The first kappa shape index (κ1) is 10.4. The summed E-state index contributed by atoms with van der Waals surface area (Å²) in [5.74, 6) is 0.209. The van der Waals surface area contributed by atoms with Gasteiger partial charge in [0.2, 0.25) is 0 Å². The molecular weight excluding hydrogens is 138 g/mol. The molecule has 0 aromatic rings. The molecule has 1 unspecified atom stereocenters. The van der Waals surface area contributed by atoms with Crippen LogP contribution in [0, 0.1) is 0 Å². The van der Waals surface area contributed by atoms with Crippen LogP contribution in [0.1, 0.15) is 26.7 Å². The summed E-state index contributed by atoms with van der Waals surface area (Å²) >= 11 is 0. The first-order valence-corrected chi connectivity index (χ1v) is 4.06. The van der Waals surface area contributed by atoms with E-state index in [-0.39, 0.29) is 5.78 Å². The van der Waals surface area contributed by atoms with Crippen LogP contribution in [0.15, 0.2) is 12.7 Å². The van der Waals surface area contributed by atoms with E-state index in [2.05, 4.69) is 25.7 Å². The van der Waals surface area contributed by atoms with Crippen LogP contribution in [0.25, 0.3) is 0 Å². The molecule has 0 rings (SSSR count). The Labute approximate surface area is 68.7 Å². The molecule has 0 aliphatic heterocycles. The second-order valence-corrected chi connectivity index (χ2v) is 2.72. The lowest BCUT2D eigenvalue weighted by atomic mass is 10.2. The predicted molar refractivity (Wildman–Crippen MR) is 47.6 cm³/mol. The van der Waals surface area contributed by atoms with Crippen molar-refractivity contribution in [2.75, 3.05) is 6.54 Å². The molecule has 0 aliphatic rings. The molecule has 11 heavy (non-hydrogen) atoms. The summed E-state index contributed by atoms with van der Waals surface area (Å²) in [4.78, 5) is 10.9. The lowest BCUT2D eigenvalue weighted by Crippen LogP contribution is -2.30. The number of Topliss-reactive ketones (excluding diaryl/α,β-unsaturated/α-hetero) is 1. The van der Waals surface area contributed by atoms with Gasteiger partial charge in [-0.15, -0.1) is 6.58 Å². The summed E-state index contributed by atoms with van der Waals surface area (Å²) in [5.41, 5.74) is 0. The Morgan fingerprint density at radius 1 is 1.73 bits per heavy atom. The number of allylic oxidation sites excluding steroid dienone is 1. The Morgan fingerprint density at radius 2 is 2.36 bits per heavy atom. The van der Waals surface area contributed by atoms with Crippen molar-refractivity contribution in [3.8, 4) is 0 Å². The van der Waals surface area contributed by atoms with Crippen LogP contribution in [-0.4, -0.2) is 18.4 Å². The molecular formula is C9H17NO. The van der Waals surface area contributed by atoms with Crippen LogP contribution in [0.2, 0.25) is 0 Å². The molecule has 64 valence electrons. The highest BCUT2D eigenvalue weighted by molar-refractivity contribution is 5.81. The van der Waals surface area contributed by atoms with Crippen molar-refractivity contribution in [2.45, 2.75) is 32.7 Å². The predicted octanol–water partition coefficient (Wildman–Crippen LogP) is 1.52. The van der Waals surface area contributed by atoms with Gasteiger partial charge in [0.1, 0.15) is 5.78 Å². The maximum atomic E-state index is 10.9. The van der Waals surface area contributed by atoms with Gasteiger partial charge in [-0.3, -0.25) is 4.79 Å². The largest absolute Gasteiger partial charge is 0.307 e. The Balaban J connectivity index is 3.37. The molecule has 0 aromatic carbocycles. The maximum absolute atomic E-state index is 10.9. The van der Waals surface area contributed by atoms with Gasteiger partial charge >= 0.3 is 0 Å². The van der Waals surface area contributed by atoms with Crippen molar-refractivity contribution >= 4 is 5.78 Å². The fourth-order valence-electron chi connectivity index (χ4n) is 0.666. The van der Waals surface area contributed by atoms with Crippen LogP contribution in [0.4, 0.5) is 0 Å². The number of carbonyl (C=O) groups excluding carboxylic acids is 1. The van der Waals surface area contributed by atoms with E-state index in [1.165, 1.54) is 0 Å². The smallest absolute Gasteiger partial charge is 0.150 e. The highest BCUT2D eigenvalue weighted by Gasteiger charge is 2.00. The molecule has 0 bridgehead atoms. The van der Waals surface area contributed by atoms with Gasteiger partial charge < -0.3 is 5.32 Å². The van der Waals surface area contributed by atoms with Crippen molar-refractivity contribution in [3.63, 3.8) is 0 Å². The highest BCUT2D eigenvalue weighted by Crippen LogP contribution is 1.88. The Bertz CT molecular complexity index is 132. The molecule has 2 heteroatoms. The average Bonchev–Trinajstić information content (AvgIpc) is 2.01. The maximum Gasteiger partial charge on any atom is 0.150 e. The number of nitrogens with one attached hydrogen (secondary N) is 1. The minimum Gasteiger partial charge on any atom is -0.307 e. The van der Waals surface area contributed by atoms with Crippen molar-refractivity contribution in [1.82, 2.24) is 5.32 Å². The number of rotatable bonds is 6. The van der Waals surface area contributed by atoms with Gasteiger partial charge in [-0.2, -0.15) is 0 Å². The monoisotopic (exact) mass is 155 g/mol. The van der Waals surface area contributed by atoms with E-state index in [1.54, 1.807) is 6.08 Å². The number of hydrogen-bond donors (Lipinski definition) is 1. The van der Waals surface area contributed by atoms with Crippen LogP contribution in [0.5, 0.6) is 0 Å². The Morgan fingerprint density at radius 3 is 2.82 bits per heavy atom. The minimum atomic E-state index is 0.209. The molecule has 0 amide bonds. The molecule has 0 heterocycles. The van der Waals surface area contributed by atoms with Gasteiger partial charge in [0.15, 0.2) is 0 Å². The number of hydrogen-bond acceptors (Lipinski definition) is 2. The van der Waals surface area contributed by atoms with Crippen LogP contribution >= 0.6 is 0 Å². The third-order valence-corrected chi connectivity index (χ3v) is 1.63. The lowest BCUT2D eigenvalue weighted by Gasteiger charge is -2.08. The van der Waals surface area contributed by atoms with Gasteiger partial charge in [0.05, 0.1) is 6.54 Å². The van der Waals surface area contributed by atoms with Gasteiger partial charge in [0.25, 0.3) is 0 Å². The molecule has 0 saturated heterocycles. The second-order valence-electron chi connectivity index (χ2n) is 2.72. The minimum absolute atomic E-state index is 0.209. The zero-order valence-electron chi connectivity index (χ0n) is 7.39. The lowest BCUT2D eigenvalue weighted by molar-refractivity contribution is -0.117. The fourth-order valence-corrected chi connectivity index (χ4v) is 0.666. The van der Waals surface area contributed by atoms with Gasteiger partial charge in [-0.25, -0.2) is 0 Å². The summed E-state index contributed by atoms with van der Waals surface area (Å²) in [5, 5.41) is 3.12. The zero-order chi connectivity index (χ0) is 8.69. The molecule has 2 nitrogen and oxygen atoms in total. The van der Waals surface area contributed by atoms with Crippen LogP contribution in [-0.2, 0) is 4.79 Å². The van der Waals surface area contributed by atoms with Gasteiger partial charge in [-0.05, 0) is 13.3 Å².